The van der Waals surface area contributed by atoms with Crippen molar-refractivity contribution in [3.05, 3.63) is 10.6 Å². The van der Waals surface area contributed by atoms with Gasteiger partial charge in [-0.15, -0.1) is 0 Å². The van der Waals surface area contributed by atoms with Gasteiger partial charge < -0.3 is 4.90 Å². The number of aromatic nitrogens is 1. The van der Waals surface area contributed by atoms with Gasteiger partial charge in [0.1, 0.15) is 0 Å². The lowest BCUT2D eigenvalue weighted by molar-refractivity contribution is 0.0976. The molecule has 0 bridgehead atoms. The Morgan fingerprint density at radius 1 is 1.39 bits per heavy atom. The number of aryl methyl sites for hydroxylation is 1. The number of rotatable bonds is 5. The number of carbonyl (C=O) groups is 1. The maximum absolute atomic E-state index is 11.9. The van der Waals surface area contributed by atoms with Crippen LogP contribution in [0.5, 0.6) is 0 Å². The van der Waals surface area contributed by atoms with Crippen LogP contribution in [0.4, 0.5) is 5.13 Å². The number of Topliss-reactive ketones (excluding diaryl/α,β-unsaturated/α-hetero) is 1. The molecule has 3 nitrogen and oxygen atoms in total. The molecule has 2 aliphatic carbocycles. The summed E-state index contributed by atoms with van der Waals surface area (Å²) >= 11 is 1.64. The summed E-state index contributed by atoms with van der Waals surface area (Å²) in [5.41, 5.74) is 1.06. The molecule has 1 aromatic rings. The normalized spacial score (nSPS) is 18.8. The van der Waals surface area contributed by atoms with Crippen molar-refractivity contribution in [3.63, 3.8) is 0 Å². The number of carbonyl (C=O) groups excluding carboxylic acids is 1. The zero-order chi connectivity index (χ0) is 12.5. The summed E-state index contributed by atoms with van der Waals surface area (Å²) < 4.78 is 0. The summed E-state index contributed by atoms with van der Waals surface area (Å²) in [7, 11) is 0. The van der Waals surface area contributed by atoms with Crippen LogP contribution in [0.1, 0.15) is 60.8 Å². The molecule has 0 aliphatic heterocycles. The summed E-state index contributed by atoms with van der Waals surface area (Å²) in [5, 5.41) is 1.10. The Morgan fingerprint density at radius 2 is 2.22 bits per heavy atom. The van der Waals surface area contributed by atoms with Crippen molar-refractivity contribution in [1.82, 2.24) is 4.98 Å². The summed E-state index contributed by atoms with van der Waals surface area (Å²) in [4.78, 5) is 20.0. The molecule has 0 unspecified atom stereocenters. The lowest BCUT2D eigenvalue weighted by atomic mass is 10.0. The first-order valence-corrected chi connectivity index (χ1v) is 7.90. The van der Waals surface area contributed by atoms with E-state index in [4.69, 9.17) is 4.98 Å². The van der Waals surface area contributed by atoms with Crippen molar-refractivity contribution < 1.29 is 4.79 Å². The predicted molar refractivity (Wildman–Crippen MR) is 74.7 cm³/mol. The lowest BCUT2D eigenvalue weighted by Crippen LogP contribution is -2.26. The molecule has 0 saturated heterocycles. The van der Waals surface area contributed by atoms with Gasteiger partial charge in [-0.05, 0) is 32.1 Å². The maximum Gasteiger partial charge on any atom is 0.186 e. The molecule has 98 valence electrons. The van der Waals surface area contributed by atoms with Gasteiger partial charge >= 0.3 is 0 Å². The van der Waals surface area contributed by atoms with Crippen LogP contribution in [0.15, 0.2) is 0 Å². The molecular formula is C14H20N2OS. The fourth-order valence-electron chi connectivity index (χ4n) is 2.53. The highest BCUT2D eigenvalue weighted by atomic mass is 32.1. The Morgan fingerprint density at radius 3 is 2.89 bits per heavy atom. The summed E-state index contributed by atoms with van der Waals surface area (Å²) in [6.45, 7) is 3.32. The molecule has 4 heteroatoms. The average Bonchev–Trinajstić information content (AvgIpc) is 3.09. The van der Waals surface area contributed by atoms with Gasteiger partial charge in [-0.1, -0.05) is 24.7 Å². The molecule has 1 fully saturated rings. The van der Waals surface area contributed by atoms with Crippen LogP contribution in [-0.2, 0) is 6.42 Å². The van der Waals surface area contributed by atoms with Crippen LogP contribution >= 0.6 is 11.3 Å². The van der Waals surface area contributed by atoms with Crippen molar-refractivity contribution in [3.8, 4) is 0 Å². The van der Waals surface area contributed by atoms with E-state index < -0.39 is 0 Å². The van der Waals surface area contributed by atoms with Gasteiger partial charge in [0.25, 0.3) is 0 Å². The van der Waals surface area contributed by atoms with E-state index in [1.165, 1.54) is 25.7 Å². The Labute approximate surface area is 112 Å². The third-order valence-electron chi connectivity index (χ3n) is 3.74. The zero-order valence-electron chi connectivity index (χ0n) is 10.9. The minimum atomic E-state index is 0.311. The molecule has 18 heavy (non-hydrogen) atoms. The van der Waals surface area contributed by atoms with Gasteiger partial charge in [-0.25, -0.2) is 4.98 Å². The number of unbranched alkanes of at least 4 members (excludes halogenated alkanes) is 1. The third kappa shape index (κ3) is 2.30. The number of hydrogen-bond acceptors (Lipinski definition) is 4. The first-order valence-electron chi connectivity index (χ1n) is 7.09. The summed E-state index contributed by atoms with van der Waals surface area (Å²) in [6.07, 6.45) is 7.70. The minimum absolute atomic E-state index is 0.311. The monoisotopic (exact) mass is 264 g/mol. The van der Waals surface area contributed by atoms with Crippen LogP contribution < -0.4 is 4.90 Å². The minimum Gasteiger partial charge on any atom is -0.345 e. The molecule has 1 aromatic heterocycles. The Bertz CT molecular complexity index is 451. The van der Waals surface area contributed by atoms with E-state index in [0.29, 0.717) is 18.2 Å². The maximum atomic E-state index is 11.9. The Hall–Kier alpha value is -0.900. The molecule has 0 radical (unpaired) electrons. The van der Waals surface area contributed by atoms with Crippen molar-refractivity contribution >= 4 is 22.3 Å². The van der Waals surface area contributed by atoms with E-state index >= 15 is 0 Å². The van der Waals surface area contributed by atoms with E-state index in [9.17, 15) is 4.79 Å². The third-order valence-corrected chi connectivity index (χ3v) is 4.92. The second-order valence-electron chi connectivity index (χ2n) is 5.33. The second-order valence-corrected chi connectivity index (χ2v) is 6.30. The smallest absolute Gasteiger partial charge is 0.186 e. The molecule has 1 heterocycles. The van der Waals surface area contributed by atoms with Gasteiger partial charge in [-0.3, -0.25) is 4.79 Å². The van der Waals surface area contributed by atoms with E-state index in [2.05, 4.69) is 11.8 Å². The molecule has 0 spiro atoms. The highest BCUT2D eigenvalue weighted by molar-refractivity contribution is 7.17. The summed E-state index contributed by atoms with van der Waals surface area (Å²) in [5.74, 6) is 0.311. The number of nitrogens with zero attached hydrogens (tertiary/aromatic N) is 2. The number of fused-ring (bicyclic) bond motifs is 1. The van der Waals surface area contributed by atoms with E-state index in [-0.39, 0.29) is 0 Å². The standard InChI is InChI=1S/C14H20N2OS/c1-2-3-9-16(10-7-8-10)14-15-11-5-4-6-12(17)13(11)18-14/h10H,2-9H2,1H3. The van der Waals surface area contributed by atoms with Gasteiger partial charge in [-0.2, -0.15) is 0 Å². The highest BCUT2D eigenvalue weighted by Gasteiger charge is 2.32. The fourth-order valence-corrected chi connectivity index (χ4v) is 3.71. The zero-order valence-corrected chi connectivity index (χ0v) is 11.8. The van der Waals surface area contributed by atoms with E-state index in [1.54, 1.807) is 11.3 Å². The molecule has 0 aromatic carbocycles. The number of hydrogen-bond donors (Lipinski definition) is 0. The van der Waals surface area contributed by atoms with Crippen LogP contribution in [0.2, 0.25) is 0 Å². The first-order chi connectivity index (χ1) is 8.79. The molecule has 0 atom stereocenters. The summed E-state index contributed by atoms with van der Waals surface area (Å²) in [6, 6.07) is 0.694. The van der Waals surface area contributed by atoms with Gasteiger partial charge in [0.2, 0.25) is 0 Å². The topological polar surface area (TPSA) is 33.2 Å². The van der Waals surface area contributed by atoms with Gasteiger partial charge in [0.15, 0.2) is 10.9 Å². The Balaban J connectivity index is 1.83. The highest BCUT2D eigenvalue weighted by Crippen LogP contribution is 2.37. The Kier molecular flexibility index (Phi) is 3.37. The molecule has 0 amide bonds. The van der Waals surface area contributed by atoms with Crippen LogP contribution in [-0.4, -0.2) is 23.4 Å². The molecule has 3 rings (SSSR count). The van der Waals surface area contributed by atoms with E-state index in [1.807, 2.05) is 0 Å². The average molecular weight is 264 g/mol. The number of anilines is 1. The van der Waals surface area contributed by atoms with Crippen molar-refractivity contribution in [1.29, 1.82) is 0 Å². The number of thiazole rings is 1. The van der Waals surface area contributed by atoms with Crippen molar-refractivity contribution in [2.45, 2.75) is 57.9 Å². The molecule has 2 aliphatic rings. The van der Waals surface area contributed by atoms with Crippen molar-refractivity contribution in [2.24, 2.45) is 0 Å². The van der Waals surface area contributed by atoms with Crippen LogP contribution in [0.3, 0.4) is 0 Å². The molecular weight excluding hydrogens is 244 g/mol. The lowest BCUT2D eigenvalue weighted by Gasteiger charge is -2.20. The largest absolute Gasteiger partial charge is 0.345 e. The van der Waals surface area contributed by atoms with Gasteiger partial charge in [0, 0.05) is 19.0 Å². The van der Waals surface area contributed by atoms with E-state index in [0.717, 1.165) is 35.1 Å². The second kappa shape index (κ2) is 5.00. The molecule has 1 saturated carbocycles. The first kappa shape index (κ1) is 12.2. The fraction of sp³-hybridized carbons (Fsp3) is 0.714. The van der Waals surface area contributed by atoms with Crippen LogP contribution in [0, 0.1) is 0 Å². The number of ketones is 1. The molecule has 0 N–H and O–H groups in total. The van der Waals surface area contributed by atoms with Crippen molar-refractivity contribution in [2.75, 3.05) is 11.4 Å². The quantitative estimate of drug-likeness (QED) is 0.817. The van der Waals surface area contributed by atoms with Crippen LogP contribution in [0.25, 0.3) is 0 Å². The SMILES string of the molecule is CCCCN(c1nc2c(s1)C(=O)CCC2)C1CC1. The predicted octanol–water partition coefficient (Wildman–Crippen LogP) is 3.43. The van der Waals surface area contributed by atoms with Gasteiger partial charge in [0.05, 0.1) is 10.6 Å².